The zero-order chi connectivity index (χ0) is 78.8. The molecule has 4 N–H and O–H groups in total. The summed E-state index contributed by atoms with van der Waals surface area (Å²) in [5, 5.41) is 32.1. The molecule has 0 spiro atoms. The van der Waals surface area contributed by atoms with Gasteiger partial charge in [0, 0.05) is 67.0 Å². The number of hydrogen-bond donors (Lipinski definition) is 4. The summed E-state index contributed by atoms with van der Waals surface area (Å²) in [6, 6.07) is 5.90. The second-order valence-corrected chi connectivity index (χ2v) is 18.0. The molecule has 22 nitrogen and oxygen atoms in total. The molecular formula is C70H149NO21. The van der Waals surface area contributed by atoms with Gasteiger partial charge in [-0.1, -0.05) is 144 Å². The van der Waals surface area contributed by atoms with Crippen molar-refractivity contribution in [1.29, 1.82) is 0 Å². The number of carboxylic acid groups (broad SMARTS) is 2. The number of methoxy groups -OCH3 is 5. The van der Waals surface area contributed by atoms with Crippen LogP contribution in [0.2, 0.25) is 0 Å². The van der Waals surface area contributed by atoms with Crippen molar-refractivity contribution in [2.45, 2.75) is 280 Å². The van der Waals surface area contributed by atoms with Crippen molar-refractivity contribution in [3.05, 3.63) is 35.4 Å². The van der Waals surface area contributed by atoms with Gasteiger partial charge in [0.05, 0.1) is 57.7 Å². The molecule has 1 aromatic rings. The van der Waals surface area contributed by atoms with Gasteiger partial charge in [-0.15, -0.1) is 0 Å². The van der Waals surface area contributed by atoms with E-state index in [2.05, 4.69) is 49.2 Å². The standard InChI is InChI=1S/C9H8O4.C7H14O.C6H12O2.C5H9NO.C5H10O.C4H8O2.C4H10O.C3H6O2.C3H8O.2C3H6O.C2H4O3.C2H6O.7C2H6/c1-13-9(12)7-5-3-2-4-6(7)8(10)11;1-6(8)5-7(2,3)4;1-6(2,3)5(7)8-4;1-6-4-2-3-5(6)7;1-3-4-5(2)6;1-3-6-4(2)5;1-3-4(2)5;1-3(4)5-2;1-3-4-2;2*1-3(2)4;1-5-2(3)4;1-2-3;7*1-2/h2-5H,1H3,(H,10,11);5H2,1-4H3;1-4H3;2-4H2,1H3;3-4H2,1-2H3;3H2,1-2H3;4-5H,3H2,1-2H3;1-2H3;3H2,1-2H3;2*1-2H3;1H3,(H,3,4);3H,2H2,1H3;7*1-2H3. The molecule has 0 radical (unpaired) electrons. The first-order valence-electron chi connectivity index (χ1n) is 31.9. The Balaban J connectivity index is -0.0000000403. The van der Waals surface area contributed by atoms with Crippen molar-refractivity contribution in [3.63, 3.8) is 0 Å². The van der Waals surface area contributed by atoms with E-state index in [4.69, 9.17) is 25.2 Å². The molecule has 0 aliphatic carbocycles. The molecule has 1 aliphatic heterocycles. The maximum atomic E-state index is 11.1. The molecule has 1 unspecified atom stereocenters. The van der Waals surface area contributed by atoms with Crippen molar-refractivity contribution in [2.75, 3.05) is 69.0 Å². The van der Waals surface area contributed by atoms with Gasteiger partial charge in [-0.2, -0.15) is 0 Å². The smallest absolute Gasteiger partial charge is 0.478 e. The van der Waals surface area contributed by atoms with E-state index in [1.807, 2.05) is 146 Å². The summed E-state index contributed by atoms with van der Waals surface area (Å²) in [6.45, 7) is 65.4. The normalized spacial score (nSPS) is 9.02. The molecule has 1 aromatic carbocycles. The van der Waals surface area contributed by atoms with Crippen LogP contribution in [0.15, 0.2) is 24.3 Å². The molecule has 1 atom stereocenters. The van der Waals surface area contributed by atoms with Gasteiger partial charge in [0.2, 0.25) is 5.91 Å². The van der Waals surface area contributed by atoms with E-state index in [0.717, 1.165) is 52.4 Å². The van der Waals surface area contributed by atoms with Crippen molar-refractivity contribution in [1.82, 2.24) is 4.90 Å². The minimum atomic E-state index is -1.25. The molecule has 0 bridgehead atoms. The first-order chi connectivity index (χ1) is 42.5. The van der Waals surface area contributed by atoms with Crippen LogP contribution in [-0.4, -0.2) is 165 Å². The molecule has 22 heteroatoms. The number of carbonyl (C=O) groups excluding carboxylic acids is 9. The molecule has 0 saturated carbocycles. The van der Waals surface area contributed by atoms with Crippen molar-refractivity contribution >= 4 is 65.0 Å². The van der Waals surface area contributed by atoms with Crippen molar-refractivity contribution in [3.8, 4) is 0 Å². The van der Waals surface area contributed by atoms with Crippen molar-refractivity contribution in [2.24, 2.45) is 10.8 Å². The zero-order valence-electron chi connectivity index (χ0n) is 66.6. The highest BCUT2D eigenvalue weighted by molar-refractivity contribution is 6.02. The molecule has 1 heterocycles. The van der Waals surface area contributed by atoms with Crippen LogP contribution in [0, 0.1) is 10.8 Å². The molecule has 560 valence electrons. The number of likely N-dealkylation sites (tertiary alicyclic amines) is 1. The van der Waals surface area contributed by atoms with E-state index in [0.29, 0.717) is 18.9 Å². The van der Waals surface area contributed by atoms with Crippen LogP contribution in [0.3, 0.4) is 0 Å². The Labute approximate surface area is 564 Å². The highest BCUT2D eigenvalue weighted by Crippen LogP contribution is 2.18. The third kappa shape index (κ3) is 223. The summed E-state index contributed by atoms with van der Waals surface area (Å²) < 4.78 is 25.6. The lowest BCUT2D eigenvalue weighted by Gasteiger charge is -2.14. The van der Waals surface area contributed by atoms with Crippen LogP contribution in [0.25, 0.3) is 0 Å². The van der Waals surface area contributed by atoms with Gasteiger partial charge in [0.15, 0.2) is 0 Å². The van der Waals surface area contributed by atoms with Gasteiger partial charge < -0.3 is 72.9 Å². The predicted molar refractivity (Wildman–Crippen MR) is 383 cm³/mol. The second-order valence-electron chi connectivity index (χ2n) is 18.0. The first kappa shape index (κ1) is 134. The number of aromatic carboxylic acids is 1. The highest BCUT2D eigenvalue weighted by Gasteiger charge is 2.21. The fourth-order valence-electron chi connectivity index (χ4n) is 3.35. The van der Waals surface area contributed by atoms with Gasteiger partial charge in [-0.05, 0) is 127 Å². The van der Waals surface area contributed by atoms with E-state index in [1.54, 1.807) is 58.8 Å². The van der Waals surface area contributed by atoms with Crippen LogP contribution in [-0.2, 0) is 66.8 Å². The fourth-order valence-corrected chi connectivity index (χ4v) is 3.35. The van der Waals surface area contributed by atoms with Crippen LogP contribution in [0.4, 0.5) is 4.79 Å². The number of Topliss-reactive ketones (excluding diaryl/α,β-unsaturated/α-hetero) is 4. The number of amides is 1. The van der Waals surface area contributed by atoms with Gasteiger partial charge >= 0.3 is 36.0 Å². The number of esters is 4. The Morgan fingerprint density at radius 1 is 0.554 bits per heavy atom. The fraction of sp³-hybridized carbons (Fsp3) is 0.757. The summed E-state index contributed by atoms with van der Waals surface area (Å²) in [4.78, 5) is 113. The summed E-state index contributed by atoms with van der Waals surface area (Å²) >= 11 is 0. The number of carboxylic acids is 1. The van der Waals surface area contributed by atoms with Crippen LogP contribution in [0.5, 0.6) is 0 Å². The topological polar surface area (TPSA) is 327 Å². The molecule has 1 amide bonds. The number of rotatable bonds is 8. The molecule has 1 fully saturated rings. The Hall–Kier alpha value is -6.13. The number of benzene rings is 1. The van der Waals surface area contributed by atoms with Gasteiger partial charge in [0.25, 0.3) is 0 Å². The van der Waals surface area contributed by atoms with Gasteiger partial charge in [-0.3, -0.25) is 19.2 Å². The van der Waals surface area contributed by atoms with E-state index < -0.39 is 18.1 Å². The second kappa shape index (κ2) is 119. The molecule has 1 aliphatic rings. The van der Waals surface area contributed by atoms with Crippen LogP contribution in [0.1, 0.15) is 295 Å². The monoisotopic (exact) mass is 1340 g/mol. The first-order valence-corrected chi connectivity index (χ1v) is 31.9. The number of hydrogen-bond acceptors (Lipinski definition) is 19. The molecule has 92 heavy (non-hydrogen) atoms. The quantitative estimate of drug-likeness (QED) is 0.139. The average molecular weight is 1340 g/mol. The number of ether oxygens (including phenoxy) is 6. The number of aliphatic hydroxyl groups excluding tert-OH is 2. The molecule has 1 saturated heterocycles. The SMILES string of the molecule is CC.CC.CC.CC.CC.CC.CC.CC(=O)CC(C)(C)C.CC(C)=O.CC(C)=O.CCC(C)O.CCCC(C)=O.CCO.CCOC.CCOC(C)=O.CN1CCCC1=O.COC(=O)C(C)(C)C.COC(=O)O.COC(=O)c1ccccc1C(=O)O.COC(C)=O. The Kier molecular flexibility index (Phi) is 173. The van der Waals surface area contributed by atoms with E-state index in [9.17, 15) is 47.9 Å². The van der Waals surface area contributed by atoms with E-state index >= 15 is 0 Å². The van der Waals surface area contributed by atoms with Gasteiger partial charge in [-0.25, -0.2) is 14.4 Å². The van der Waals surface area contributed by atoms with E-state index in [-0.39, 0.29) is 75.7 Å². The number of nitrogens with zero attached hydrogens (tertiary/aromatic N) is 1. The summed E-state index contributed by atoms with van der Waals surface area (Å²) in [5.41, 5.74) is -0.160. The minimum absolute atomic E-state index is 0.0469. The van der Waals surface area contributed by atoms with Crippen molar-refractivity contribution < 1.29 is 102 Å². The number of aliphatic hydroxyl groups is 2. The lowest BCUT2D eigenvalue weighted by atomic mass is 9.91. The Morgan fingerprint density at radius 2 is 0.859 bits per heavy atom. The lowest BCUT2D eigenvalue weighted by Crippen LogP contribution is -2.21. The Bertz CT molecular complexity index is 1630. The maximum Gasteiger partial charge on any atom is 0.505 e. The Morgan fingerprint density at radius 3 is 0.935 bits per heavy atom. The third-order valence-corrected chi connectivity index (χ3v) is 6.74. The summed E-state index contributed by atoms with van der Waals surface area (Å²) in [6.07, 6.45) is 3.72. The van der Waals surface area contributed by atoms with E-state index in [1.165, 1.54) is 75.0 Å². The van der Waals surface area contributed by atoms with Crippen LogP contribution >= 0.6 is 0 Å². The highest BCUT2D eigenvalue weighted by atomic mass is 16.6. The molecule has 2 rings (SSSR count). The van der Waals surface area contributed by atoms with Gasteiger partial charge in [0.1, 0.15) is 23.1 Å². The molecule has 0 aromatic heterocycles. The van der Waals surface area contributed by atoms with Crippen LogP contribution < -0.4 is 0 Å². The maximum absolute atomic E-state index is 11.1. The lowest BCUT2D eigenvalue weighted by molar-refractivity contribution is -0.149. The zero-order valence-corrected chi connectivity index (χ0v) is 66.6. The average Bonchev–Trinajstić information content (AvgIpc) is 3.89. The molecular weight excluding hydrogens is 1190 g/mol. The third-order valence-electron chi connectivity index (χ3n) is 6.74. The number of carbonyl (C=O) groups is 11. The summed E-state index contributed by atoms with van der Waals surface area (Å²) in [7, 11) is 8.58. The summed E-state index contributed by atoms with van der Waals surface area (Å²) in [5.74, 6) is -1.21. The minimum Gasteiger partial charge on any atom is -0.478 e. The largest absolute Gasteiger partial charge is 0.505 e. The number of ketones is 4. The predicted octanol–water partition coefficient (Wildman–Crippen LogP) is 16.9.